The molecular weight excluding hydrogens is 391 g/mol. The van der Waals surface area contributed by atoms with Crippen LogP contribution in [0, 0.1) is 5.82 Å². The van der Waals surface area contributed by atoms with Crippen LogP contribution < -0.4 is 0 Å². The molecule has 1 nitrogen and oxygen atoms in total. The lowest BCUT2D eigenvalue weighted by Gasteiger charge is -2.38. The zero-order valence-electron chi connectivity index (χ0n) is 14.2. The quantitative estimate of drug-likeness (QED) is 0.572. The SMILES string of the molecule is CC(C)(CC(O)(Cc1cccc(Cl)c1Cl)C(F)(F)F)c1ccc(F)cc1. The van der Waals surface area contributed by atoms with Crippen LogP contribution in [-0.2, 0) is 11.8 Å². The third-order valence-corrected chi connectivity index (χ3v) is 5.26. The normalized spacial score (nSPS) is 15.0. The molecule has 142 valence electrons. The van der Waals surface area contributed by atoms with Crippen molar-refractivity contribution in [3.05, 3.63) is 69.5 Å². The van der Waals surface area contributed by atoms with Crippen molar-refractivity contribution in [3.8, 4) is 0 Å². The van der Waals surface area contributed by atoms with Crippen LogP contribution in [0.1, 0.15) is 31.4 Å². The van der Waals surface area contributed by atoms with E-state index >= 15 is 0 Å². The van der Waals surface area contributed by atoms with Crippen molar-refractivity contribution in [1.82, 2.24) is 0 Å². The highest BCUT2D eigenvalue weighted by Gasteiger charge is 2.55. The lowest BCUT2D eigenvalue weighted by atomic mass is 9.73. The molecule has 0 bridgehead atoms. The van der Waals surface area contributed by atoms with Gasteiger partial charge >= 0.3 is 6.18 Å². The van der Waals surface area contributed by atoms with E-state index in [4.69, 9.17) is 23.2 Å². The van der Waals surface area contributed by atoms with Gasteiger partial charge in [0, 0.05) is 6.42 Å². The summed E-state index contributed by atoms with van der Waals surface area (Å²) in [5, 5.41) is 10.7. The van der Waals surface area contributed by atoms with E-state index < -0.39 is 35.9 Å². The second-order valence-electron chi connectivity index (χ2n) is 6.99. The molecule has 0 fully saturated rings. The average molecular weight is 409 g/mol. The van der Waals surface area contributed by atoms with Crippen LogP contribution in [0.25, 0.3) is 0 Å². The fraction of sp³-hybridized carbons (Fsp3) is 0.368. The van der Waals surface area contributed by atoms with Crippen LogP contribution in [-0.4, -0.2) is 16.9 Å². The fourth-order valence-electron chi connectivity index (χ4n) is 3.00. The Morgan fingerprint density at radius 2 is 1.54 bits per heavy atom. The molecule has 0 spiro atoms. The molecule has 0 amide bonds. The van der Waals surface area contributed by atoms with E-state index in [2.05, 4.69) is 0 Å². The van der Waals surface area contributed by atoms with Gasteiger partial charge in [-0.3, -0.25) is 0 Å². The largest absolute Gasteiger partial charge is 0.417 e. The summed E-state index contributed by atoms with van der Waals surface area (Å²) in [6, 6.07) is 9.52. The van der Waals surface area contributed by atoms with E-state index in [1.165, 1.54) is 42.5 Å². The molecule has 2 aromatic carbocycles. The maximum absolute atomic E-state index is 13.7. The Balaban J connectivity index is 2.40. The van der Waals surface area contributed by atoms with Gasteiger partial charge in [0.1, 0.15) is 5.82 Å². The highest BCUT2D eigenvalue weighted by atomic mass is 35.5. The second kappa shape index (κ2) is 7.37. The van der Waals surface area contributed by atoms with E-state index in [0.717, 1.165) is 0 Å². The number of hydrogen-bond donors (Lipinski definition) is 1. The van der Waals surface area contributed by atoms with E-state index in [9.17, 15) is 22.7 Å². The Kier molecular flexibility index (Phi) is 5.96. The van der Waals surface area contributed by atoms with Crippen LogP contribution in [0.4, 0.5) is 17.6 Å². The fourth-order valence-corrected chi connectivity index (χ4v) is 3.38. The first kappa shape index (κ1) is 21.0. The minimum atomic E-state index is -4.89. The summed E-state index contributed by atoms with van der Waals surface area (Å²) >= 11 is 11.9. The smallest absolute Gasteiger partial charge is 0.380 e. The van der Waals surface area contributed by atoms with Crippen LogP contribution in [0.15, 0.2) is 42.5 Å². The topological polar surface area (TPSA) is 20.2 Å². The molecule has 0 radical (unpaired) electrons. The summed E-state index contributed by atoms with van der Waals surface area (Å²) in [5.74, 6) is -0.485. The van der Waals surface area contributed by atoms with Crippen LogP contribution >= 0.6 is 23.2 Å². The molecule has 0 saturated heterocycles. The first-order valence-corrected chi connectivity index (χ1v) is 8.59. The average Bonchev–Trinajstić information content (AvgIpc) is 2.50. The van der Waals surface area contributed by atoms with Crippen LogP contribution in [0.2, 0.25) is 10.0 Å². The Labute approximate surface area is 159 Å². The van der Waals surface area contributed by atoms with Crippen molar-refractivity contribution in [3.63, 3.8) is 0 Å². The molecule has 0 aliphatic carbocycles. The Hall–Kier alpha value is -1.30. The second-order valence-corrected chi connectivity index (χ2v) is 7.77. The maximum Gasteiger partial charge on any atom is 0.417 e. The van der Waals surface area contributed by atoms with E-state index in [1.807, 2.05) is 0 Å². The molecule has 1 atom stereocenters. The molecule has 1 N–H and O–H groups in total. The van der Waals surface area contributed by atoms with Crippen LogP contribution in [0.3, 0.4) is 0 Å². The Morgan fingerprint density at radius 1 is 0.962 bits per heavy atom. The number of halogens is 6. The number of hydrogen-bond acceptors (Lipinski definition) is 1. The van der Waals surface area contributed by atoms with E-state index in [1.54, 1.807) is 13.8 Å². The van der Waals surface area contributed by atoms with Crippen molar-refractivity contribution in [2.24, 2.45) is 0 Å². The molecule has 0 aliphatic rings. The molecule has 2 rings (SSSR count). The number of benzene rings is 2. The lowest BCUT2D eigenvalue weighted by Crippen LogP contribution is -2.50. The molecule has 0 aliphatic heterocycles. The van der Waals surface area contributed by atoms with Crippen molar-refractivity contribution in [2.45, 2.75) is 43.9 Å². The van der Waals surface area contributed by atoms with E-state index in [-0.39, 0.29) is 15.6 Å². The first-order chi connectivity index (χ1) is 11.9. The highest BCUT2D eigenvalue weighted by molar-refractivity contribution is 6.42. The van der Waals surface area contributed by atoms with Crippen molar-refractivity contribution >= 4 is 23.2 Å². The van der Waals surface area contributed by atoms with Crippen molar-refractivity contribution < 1.29 is 22.7 Å². The van der Waals surface area contributed by atoms with Gasteiger partial charge in [0.05, 0.1) is 10.0 Å². The molecule has 0 aromatic heterocycles. The predicted molar refractivity (Wildman–Crippen MR) is 95.2 cm³/mol. The van der Waals surface area contributed by atoms with Gasteiger partial charge in [0.15, 0.2) is 5.60 Å². The summed E-state index contributed by atoms with van der Waals surface area (Å²) < 4.78 is 54.4. The number of rotatable bonds is 5. The van der Waals surface area contributed by atoms with Crippen molar-refractivity contribution in [1.29, 1.82) is 0 Å². The predicted octanol–water partition coefficient (Wildman–Crippen LogP) is 6.34. The standard InChI is InChI=1S/C19H18Cl2F4O/c1-17(2,13-6-8-14(22)9-7-13)11-18(26,19(23,24)25)10-12-4-3-5-15(20)16(12)21/h3-9,26H,10-11H2,1-2H3. The number of aliphatic hydroxyl groups is 1. The minimum Gasteiger partial charge on any atom is -0.380 e. The summed E-state index contributed by atoms with van der Waals surface area (Å²) in [7, 11) is 0. The summed E-state index contributed by atoms with van der Waals surface area (Å²) in [5.41, 5.74) is -3.50. The highest BCUT2D eigenvalue weighted by Crippen LogP contribution is 2.44. The molecule has 2 aromatic rings. The third-order valence-electron chi connectivity index (χ3n) is 4.40. The molecular formula is C19H18Cl2F4O. The van der Waals surface area contributed by atoms with Crippen LogP contribution in [0.5, 0.6) is 0 Å². The molecule has 7 heteroatoms. The molecule has 1 unspecified atom stereocenters. The molecule has 0 heterocycles. The number of alkyl halides is 3. The molecule has 26 heavy (non-hydrogen) atoms. The Morgan fingerprint density at radius 3 is 2.08 bits per heavy atom. The first-order valence-electron chi connectivity index (χ1n) is 7.84. The summed E-state index contributed by atoms with van der Waals surface area (Å²) in [6.45, 7) is 3.13. The van der Waals surface area contributed by atoms with Gasteiger partial charge in [-0.05, 0) is 41.2 Å². The van der Waals surface area contributed by atoms with E-state index in [0.29, 0.717) is 5.56 Å². The van der Waals surface area contributed by atoms with Gasteiger partial charge in [-0.1, -0.05) is 61.3 Å². The van der Waals surface area contributed by atoms with Gasteiger partial charge in [0.25, 0.3) is 0 Å². The Bertz CT molecular complexity index is 772. The zero-order valence-corrected chi connectivity index (χ0v) is 15.7. The molecule has 0 saturated carbocycles. The minimum absolute atomic E-state index is 0.0172. The zero-order chi connectivity index (χ0) is 19.8. The van der Waals surface area contributed by atoms with Gasteiger partial charge in [-0.2, -0.15) is 13.2 Å². The maximum atomic E-state index is 13.7. The van der Waals surface area contributed by atoms with Gasteiger partial charge in [-0.25, -0.2) is 4.39 Å². The third kappa shape index (κ3) is 4.51. The summed E-state index contributed by atoms with van der Waals surface area (Å²) in [6.07, 6.45) is -6.26. The lowest BCUT2D eigenvalue weighted by molar-refractivity contribution is -0.266. The van der Waals surface area contributed by atoms with Gasteiger partial charge in [0.2, 0.25) is 0 Å². The van der Waals surface area contributed by atoms with Gasteiger partial charge in [-0.15, -0.1) is 0 Å². The van der Waals surface area contributed by atoms with Gasteiger partial charge < -0.3 is 5.11 Å². The van der Waals surface area contributed by atoms with Crippen molar-refractivity contribution in [2.75, 3.05) is 0 Å². The summed E-state index contributed by atoms with van der Waals surface area (Å²) in [4.78, 5) is 0. The monoisotopic (exact) mass is 408 g/mol.